The van der Waals surface area contributed by atoms with E-state index >= 15 is 0 Å². The first-order valence-corrected chi connectivity index (χ1v) is 10.4. The van der Waals surface area contributed by atoms with Gasteiger partial charge in [-0.05, 0) is 60.0 Å². The van der Waals surface area contributed by atoms with Crippen molar-refractivity contribution < 1.29 is 18.7 Å². The predicted octanol–water partition coefficient (Wildman–Crippen LogP) is 4.02. The minimum absolute atomic E-state index is 0.123. The van der Waals surface area contributed by atoms with Crippen LogP contribution in [0.1, 0.15) is 36.0 Å². The lowest BCUT2D eigenvalue weighted by molar-refractivity contribution is 0.0735. The Morgan fingerprint density at radius 3 is 2.57 bits per heavy atom. The third kappa shape index (κ3) is 4.36. The van der Waals surface area contributed by atoms with E-state index in [1.165, 1.54) is 35.6 Å². The number of amides is 2. The van der Waals surface area contributed by atoms with Crippen molar-refractivity contribution in [3.63, 3.8) is 0 Å². The molecule has 0 saturated carbocycles. The molecule has 0 bridgehead atoms. The zero-order valence-electron chi connectivity index (χ0n) is 16.5. The number of nitrogens with zero attached hydrogens (tertiary/aromatic N) is 1. The highest BCUT2D eigenvalue weighted by atomic mass is 32.1. The van der Waals surface area contributed by atoms with Crippen molar-refractivity contribution in [3.8, 4) is 5.75 Å². The van der Waals surface area contributed by atoms with Crippen LogP contribution in [0.4, 0.5) is 4.39 Å². The summed E-state index contributed by atoms with van der Waals surface area (Å²) in [6.07, 6.45) is 0.707. The molecular weight excluding hydrogens is 403 g/mol. The number of nitrogens with one attached hydrogen (secondary N) is 1. The van der Waals surface area contributed by atoms with E-state index < -0.39 is 0 Å². The maximum absolute atomic E-state index is 13.1. The van der Waals surface area contributed by atoms with Crippen LogP contribution in [0.25, 0.3) is 0 Å². The highest BCUT2D eigenvalue weighted by Crippen LogP contribution is 2.29. The summed E-state index contributed by atoms with van der Waals surface area (Å²) in [6, 6.07) is 15.0. The van der Waals surface area contributed by atoms with Gasteiger partial charge < -0.3 is 15.0 Å². The van der Waals surface area contributed by atoms with E-state index in [0.717, 1.165) is 21.8 Å². The number of hydrogen-bond donors (Lipinski definition) is 1. The van der Waals surface area contributed by atoms with E-state index in [1.807, 2.05) is 30.3 Å². The van der Waals surface area contributed by atoms with Crippen molar-refractivity contribution >= 4 is 23.2 Å². The van der Waals surface area contributed by atoms with Crippen molar-refractivity contribution in [3.05, 3.63) is 86.9 Å². The van der Waals surface area contributed by atoms with Crippen LogP contribution >= 0.6 is 11.3 Å². The van der Waals surface area contributed by atoms with E-state index in [-0.39, 0.29) is 17.6 Å². The quantitative estimate of drug-likeness (QED) is 0.673. The molecule has 4 rings (SSSR count). The fourth-order valence-corrected chi connectivity index (χ4v) is 4.49. The van der Waals surface area contributed by atoms with Gasteiger partial charge in [-0.25, -0.2) is 4.39 Å². The predicted molar refractivity (Wildman–Crippen MR) is 113 cm³/mol. The van der Waals surface area contributed by atoms with Gasteiger partial charge >= 0.3 is 0 Å². The molecule has 3 aromatic rings. The zero-order chi connectivity index (χ0) is 21.1. The number of halogens is 1. The van der Waals surface area contributed by atoms with Crippen LogP contribution in [-0.2, 0) is 19.5 Å². The van der Waals surface area contributed by atoms with E-state index in [0.29, 0.717) is 36.5 Å². The first-order valence-electron chi connectivity index (χ1n) is 9.61. The normalized spacial score (nSPS) is 12.9. The Labute approximate surface area is 178 Å². The number of carbonyl (C=O) groups excluding carboxylic acids is 2. The van der Waals surface area contributed by atoms with Gasteiger partial charge in [0.1, 0.15) is 11.6 Å². The maximum Gasteiger partial charge on any atom is 0.261 e. The first kappa shape index (κ1) is 20.1. The molecular formula is C23H21FN2O3S. The molecule has 2 aromatic carbocycles. The van der Waals surface area contributed by atoms with Gasteiger partial charge in [0.15, 0.2) is 0 Å². The molecule has 7 heteroatoms. The average molecular weight is 424 g/mol. The standard InChI is InChI=1S/C23H21FN2O3S/c1-29-19-8-2-15(3-9-19)13-25-22(27)21-12-17-14-26(11-10-20(17)30-21)23(28)16-4-6-18(24)7-5-16/h2-9,12H,10-11,13-14H2,1H3,(H,25,27). The van der Waals surface area contributed by atoms with Gasteiger partial charge in [0.25, 0.3) is 11.8 Å². The van der Waals surface area contributed by atoms with Gasteiger partial charge in [-0.1, -0.05) is 12.1 Å². The molecule has 5 nitrogen and oxygen atoms in total. The van der Waals surface area contributed by atoms with Gasteiger partial charge in [-0.3, -0.25) is 9.59 Å². The van der Waals surface area contributed by atoms with Gasteiger partial charge in [-0.15, -0.1) is 11.3 Å². The van der Waals surface area contributed by atoms with Crippen LogP contribution in [0.2, 0.25) is 0 Å². The van der Waals surface area contributed by atoms with Crippen LogP contribution in [0.5, 0.6) is 5.75 Å². The SMILES string of the molecule is COc1ccc(CNC(=O)c2cc3c(s2)CCN(C(=O)c2ccc(F)cc2)C3)cc1. The van der Waals surface area contributed by atoms with Crippen LogP contribution in [0.15, 0.2) is 54.6 Å². The monoisotopic (exact) mass is 424 g/mol. The number of methoxy groups -OCH3 is 1. The summed E-state index contributed by atoms with van der Waals surface area (Å²) in [4.78, 5) is 28.8. The van der Waals surface area contributed by atoms with Crippen molar-refractivity contribution in [2.45, 2.75) is 19.5 Å². The van der Waals surface area contributed by atoms with E-state index in [1.54, 1.807) is 12.0 Å². The topological polar surface area (TPSA) is 58.6 Å². The van der Waals surface area contributed by atoms with E-state index in [9.17, 15) is 14.0 Å². The Morgan fingerprint density at radius 1 is 1.13 bits per heavy atom. The fourth-order valence-electron chi connectivity index (χ4n) is 3.41. The van der Waals surface area contributed by atoms with Crippen molar-refractivity contribution in [1.29, 1.82) is 0 Å². The summed E-state index contributed by atoms with van der Waals surface area (Å²) in [5.74, 6) is 0.158. The zero-order valence-corrected chi connectivity index (χ0v) is 17.3. The summed E-state index contributed by atoms with van der Waals surface area (Å²) in [5, 5.41) is 2.94. The van der Waals surface area contributed by atoms with Gasteiger partial charge in [0.05, 0.1) is 12.0 Å². The number of ether oxygens (including phenoxy) is 1. The van der Waals surface area contributed by atoms with Gasteiger partial charge in [0, 0.05) is 30.1 Å². The highest BCUT2D eigenvalue weighted by molar-refractivity contribution is 7.14. The van der Waals surface area contributed by atoms with E-state index in [4.69, 9.17) is 4.74 Å². The molecule has 154 valence electrons. The lowest BCUT2D eigenvalue weighted by Crippen LogP contribution is -2.35. The third-order valence-corrected chi connectivity index (χ3v) is 6.32. The average Bonchev–Trinajstić information content (AvgIpc) is 3.21. The highest BCUT2D eigenvalue weighted by Gasteiger charge is 2.25. The molecule has 1 aliphatic heterocycles. The second kappa shape index (κ2) is 8.67. The number of thiophene rings is 1. The number of benzene rings is 2. The summed E-state index contributed by atoms with van der Waals surface area (Å²) in [5.41, 5.74) is 2.45. The summed E-state index contributed by atoms with van der Waals surface area (Å²) >= 11 is 1.48. The van der Waals surface area contributed by atoms with Gasteiger partial charge in [0.2, 0.25) is 0 Å². The molecule has 30 heavy (non-hydrogen) atoms. The smallest absolute Gasteiger partial charge is 0.261 e. The summed E-state index contributed by atoms with van der Waals surface area (Å²) < 4.78 is 18.2. The van der Waals surface area contributed by atoms with Crippen LogP contribution in [0.3, 0.4) is 0 Å². The molecule has 0 radical (unpaired) electrons. The van der Waals surface area contributed by atoms with Crippen molar-refractivity contribution in [2.24, 2.45) is 0 Å². The number of hydrogen-bond acceptors (Lipinski definition) is 4. The van der Waals surface area contributed by atoms with Gasteiger partial charge in [-0.2, -0.15) is 0 Å². The van der Waals surface area contributed by atoms with Crippen LogP contribution < -0.4 is 10.1 Å². The number of fused-ring (bicyclic) bond motifs is 1. The second-order valence-electron chi connectivity index (χ2n) is 7.07. The Balaban J connectivity index is 1.39. The maximum atomic E-state index is 13.1. The molecule has 1 aliphatic rings. The molecule has 0 aliphatic carbocycles. The molecule has 0 atom stereocenters. The Hall–Kier alpha value is -3.19. The van der Waals surface area contributed by atoms with Crippen LogP contribution in [-0.4, -0.2) is 30.4 Å². The molecule has 1 N–H and O–H groups in total. The van der Waals surface area contributed by atoms with Crippen molar-refractivity contribution in [1.82, 2.24) is 10.2 Å². The minimum Gasteiger partial charge on any atom is -0.497 e. The molecule has 0 saturated heterocycles. The Kier molecular flexibility index (Phi) is 5.81. The molecule has 0 fully saturated rings. The molecule has 1 aromatic heterocycles. The minimum atomic E-state index is -0.365. The number of rotatable bonds is 5. The van der Waals surface area contributed by atoms with Crippen LogP contribution in [0, 0.1) is 5.82 Å². The molecule has 2 amide bonds. The summed E-state index contributed by atoms with van der Waals surface area (Å²) in [6.45, 7) is 1.46. The fraction of sp³-hybridized carbons (Fsp3) is 0.217. The lowest BCUT2D eigenvalue weighted by atomic mass is 10.1. The van der Waals surface area contributed by atoms with Crippen molar-refractivity contribution in [2.75, 3.05) is 13.7 Å². The Morgan fingerprint density at radius 2 is 1.87 bits per heavy atom. The lowest BCUT2D eigenvalue weighted by Gasteiger charge is -2.27. The Bertz CT molecular complexity index is 1060. The first-order chi connectivity index (χ1) is 14.5. The molecule has 0 spiro atoms. The molecule has 0 unspecified atom stereocenters. The summed E-state index contributed by atoms with van der Waals surface area (Å²) in [7, 11) is 1.61. The molecule has 2 heterocycles. The second-order valence-corrected chi connectivity index (χ2v) is 8.21. The van der Waals surface area contributed by atoms with E-state index in [2.05, 4.69) is 5.32 Å². The third-order valence-electron chi connectivity index (χ3n) is 5.08. The largest absolute Gasteiger partial charge is 0.497 e. The number of carbonyl (C=O) groups is 2.